The highest BCUT2D eigenvalue weighted by Gasteiger charge is 2.43. The molecule has 1 aromatic carbocycles. The normalized spacial score (nSPS) is 17.2. The summed E-state index contributed by atoms with van der Waals surface area (Å²) in [7, 11) is -4.26. The molecule has 4 amide bonds. The Balaban J connectivity index is 1.52. The van der Waals surface area contributed by atoms with Crippen molar-refractivity contribution in [3.05, 3.63) is 46.8 Å². The molecule has 0 spiro atoms. The molecule has 11 nitrogen and oxygen atoms in total. The van der Waals surface area contributed by atoms with E-state index in [1.54, 1.807) is 42.0 Å². The minimum absolute atomic E-state index is 0.0581. The smallest absolute Gasteiger partial charge is 0.339 e. The number of benzene rings is 1. The molecule has 154 valence electrons. The van der Waals surface area contributed by atoms with Gasteiger partial charge in [0.1, 0.15) is 12.1 Å². The van der Waals surface area contributed by atoms with Crippen molar-refractivity contribution in [2.75, 3.05) is 11.3 Å². The Kier molecular flexibility index (Phi) is 5.81. The number of rotatable bonds is 6. The van der Waals surface area contributed by atoms with Gasteiger partial charge in [0.15, 0.2) is 5.82 Å². The number of nitrogens with zero attached hydrogens (tertiary/aromatic N) is 2. The molecule has 5 N–H and O–H groups in total. The van der Waals surface area contributed by atoms with Crippen LogP contribution in [0.25, 0.3) is 0 Å². The number of nitrogens with one attached hydrogen (secondary N) is 3. The molecule has 3 rings (SSSR count). The molecular weight excluding hydrogens is 420 g/mol. The third-order valence-electron chi connectivity index (χ3n) is 4.02. The minimum Gasteiger partial charge on any atom is -0.341 e. The molecule has 1 unspecified atom stereocenters. The number of nitrogens with two attached hydrogens (primary N) is 1. The zero-order valence-corrected chi connectivity index (χ0v) is 16.8. The van der Waals surface area contributed by atoms with Gasteiger partial charge in [-0.05, 0) is 30.1 Å². The lowest BCUT2D eigenvalue weighted by molar-refractivity contribution is -0.142. The zero-order valence-electron chi connectivity index (χ0n) is 15.2. The van der Waals surface area contributed by atoms with Crippen LogP contribution in [0.3, 0.4) is 0 Å². The molecule has 2 aromatic rings. The van der Waals surface area contributed by atoms with Gasteiger partial charge in [0.25, 0.3) is 5.91 Å². The van der Waals surface area contributed by atoms with Crippen LogP contribution in [0, 0.1) is 6.92 Å². The maximum absolute atomic E-state index is 12.2. The van der Waals surface area contributed by atoms with Gasteiger partial charge in [-0.3, -0.25) is 14.5 Å². The lowest BCUT2D eigenvalue weighted by Crippen LogP contribution is -2.68. The highest BCUT2D eigenvalue weighted by atomic mass is 32.2. The minimum atomic E-state index is -4.26. The average molecular weight is 438 g/mol. The summed E-state index contributed by atoms with van der Waals surface area (Å²) in [6, 6.07) is 7.01. The summed E-state index contributed by atoms with van der Waals surface area (Å²) < 4.78 is 31.6. The van der Waals surface area contributed by atoms with Gasteiger partial charge >= 0.3 is 16.2 Å². The van der Waals surface area contributed by atoms with Gasteiger partial charge in [-0.2, -0.15) is 12.8 Å². The van der Waals surface area contributed by atoms with Gasteiger partial charge in [-0.25, -0.2) is 14.2 Å². The van der Waals surface area contributed by atoms with E-state index in [4.69, 9.17) is 5.73 Å². The molecule has 0 bridgehead atoms. The lowest BCUT2D eigenvalue weighted by Gasteiger charge is -2.36. The number of imide groups is 1. The summed E-state index contributed by atoms with van der Waals surface area (Å²) >= 11 is 1.09. The van der Waals surface area contributed by atoms with E-state index in [0.717, 1.165) is 16.4 Å². The molecule has 0 saturated carbocycles. The third kappa shape index (κ3) is 4.88. The van der Waals surface area contributed by atoms with Crippen molar-refractivity contribution in [3.8, 4) is 0 Å². The van der Waals surface area contributed by atoms with E-state index in [-0.39, 0.29) is 12.4 Å². The summed E-state index contributed by atoms with van der Waals surface area (Å²) in [4.78, 5) is 37.8. The Morgan fingerprint density at radius 3 is 2.59 bits per heavy atom. The largest absolute Gasteiger partial charge is 0.341 e. The Morgan fingerprint density at radius 1 is 1.31 bits per heavy atom. The quantitative estimate of drug-likeness (QED) is 0.455. The third-order valence-corrected chi connectivity index (χ3v) is 5.64. The molecule has 1 aromatic heterocycles. The van der Waals surface area contributed by atoms with E-state index in [1.165, 1.54) is 6.07 Å². The second-order valence-corrected chi connectivity index (χ2v) is 8.66. The Morgan fingerprint density at radius 2 is 2.00 bits per heavy atom. The summed E-state index contributed by atoms with van der Waals surface area (Å²) in [6.07, 6.45) is 0. The highest BCUT2D eigenvalue weighted by Crippen LogP contribution is 2.16. The van der Waals surface area contributed by atoms with E-state index in [0.29, 0.717) is 10.5 Å². The summed E-state index contributed by atoms with van der Waals surface area (Å²) in [5.41, 5.74) is 6.43. The average Bonchev–Trinajstić information content (AvgIpc) is 3.07. The number of likely N-dealkylation sites (tertiary alicyclic amines) is 1. The number of urea groups is 1. The number of hydrogen-bond donors (Lipinski definition) is 4. The predicted molar refractivity (Wildman–Crippen MR) is 105 cm³/mol. The van der Waals surface area contributed by atoms with Crippen molar-refractivity contribution in [2.45, 2.75) is 19.0 Å². The van der Waals surface area contributed by atoms with E-state index in [2.05, 4.69) is 14.4 Å². The van der Waals surface area contributed by atoms with Gasteiger partial charge in [-0.1, -0.05) is 30.3 Å². The summed E-state index contributed by atoms with van der Waals surface area (Å²) in [5.74, 6) is -1.26. The number of aryl methyl sites for hydroxylation is 1. The highest BCUT2D eigenvalue weighted by molar-refractivity contribution is 7.91. The number of aromatic nitrogens is 1. The first-order valence-corrected chi connectivity index (χ1v) is 10.6. The predicted octanol–water partition coefficient (Wildman–Crippen LogP) is -0.155. The van der Waals surface area contributed by atoms with Crippen LogP contribution in [-0.4, -0.2) is 48.1 Å². The molecule has 13 heteroatoms. The second kappa shape index (κ2) is 8.14. The number of hydrogen-bond acceptors (Lipinski definition) is 8. The van der Waals surface area contributed by atoms with Crippen LogP contribution in [-0.2, 0) is 19.8 Å². The first-order chi connectivity index (χ1) is 13.7. The van der Waals surface area contributed by atoms with E-state index >= 15 is 0 Å². The summed E-state index contributed by atoms with van der Waals surface area (Å²) in [5, 5.41) is 2.45. The van der Waals surface area contributed by atoms with Crippen LogP contribution < -0.4 is 20.5 Å². The molecule has 2 heterocycles. The van der Waals surface area contributed by atoms with Crippen LogP contribution in [0.5, 0.6) is 0 Å². The zero-order chi connectivity index (χ0) is 21.2. The van der Waals surface area contributed by atoms with Crippen molar-refractivity contribution in [1.82, 2.24) is 19.3 Å². The van der Waals surface area contributed by atoms with Crippen molar-refractivity contribution < 1.29 is 22.8 Å². The topological polar surface area (TPSA) is 164 Å². The van der Waals surface area contributed by atoms with Gasteiger partial charge in [0, 0.05) is 4.88 Å². The van der Waals surface area contributed by atoms with Gasteiger partial charge in [0.2, 0.25) is 5.91 Å². The molecule has 1 aliphatic rings. The SMILES string of the molecule is Cc1cc(NS(=O)(=O)NC(=O)N2C[C@H](NC(=O)C(N)c3ccccc3)C2=O)ns1. The fourth-order valence-electron chi connectivity index (χ4n) is 2.54. The van der Waals surface area contributed by atoms with Gasteiger partial charge < -0.3 is 11.1 Å². The van der Waals surface area contributed by atoms with E-state index < -0.39 is 40.1 Å². The fourth-order valence-corrected chi connectivity index (χ4v) is 3.87. The molecule has 0 aliphatic carbocycles. The molecule has 1 fully saturated rings. The van der Waals surface area contributed by atoms with Crippen LogP contribution in [0.4, 0.5) is 10.6 Å². The molecule has 2 atom stereocenters. The Bertz CT molecular complexity index is 1040. The number of carbonyl (C=O) groups excluding carboxylic acids is 3. The van der Waals surface area contributed by atoms with E-state index in [1.807, 2.05) is 0 Å². The number of β-lactam (4-membered cyclic amide) rings is 1. The van der Waals surface area contributed by atoms with Crippen molar-refractivity contribution in [2.24, 2.45) is 5.73 Å². The standard InChI is InChI=1S/C16H18N6O5S2/c1-9-7-12(19-28-9)20-29(26,27)21-16(25)22-8-11(15(22)24)18-14(23)13(17)10-5-3-2-4-6-10/h2-7,11,13H,8,17H2,1H3,(H,18,23)(H,19,20)(H,21,25)/t11-,13?/m0/s1. The maximum Gasteiger partial charge on any atom is 0.339 e. The number of carbonyl (C=O) groups is 3. The molecule has 29 heavy (non-hydrogen) atoms. The molecule has 1 aliphatic heterocycles. The Hall–Kier alpha value is -3.03. The van der Waals surface area contributed by atoms with Gasteiger partial charge in [0.05, 0.1) is 6.54 Å². The maximum atomic E-state index is 12.2. The van der Waals surface area contributed by atoms with Crippen molar-refractivity contribution >= 4 is 45.4 Å². The van der Waals surface area contributed by atoms with E-state index in [9.17, 15) is 22.8 Å². The van der Waals surface area contributed by atoms with Crippen molar-refractivity contribution in [3.63, 3.8) is 0 Å². The molecule has 1 saturated heterocycles. The number of amides is 4. The lowest BCUT2D eigenvalue weighted by atomic mass is 10.0. The van der Waals surface area contributed by atoms with Gasteiger partial charge in [-0.15, -0.1) is 0 Å². The van der Waals surface area contributed by atoms with Crippen LogP contribution in [0.2, 0.25) is 0 Å². The second-order valence-electron chi connectivity index (χ2n) is 6.23. The van der Waals surface area contributed by atoms with Crippen molar-refractivity contribution in [1.29, 1.82) is 0 Å². The first kappa shape index (κ1) is 20.7. The molecular formula is C16H18N6O5S2. The first-order valence-electron chi connectivity index (χ1n) is 8.36. The van der Waals surface area contributed by atoms with Crippen LogP contribution in [0.1, 0.15) is 16.5 Å². The monoisotopic (exact) mass is 438 g/mol. The summed E-state index contributed by atoms with van der Waals surface area (Å²) in [6.45, 7) is 1.56. The fraction of sp³-hybridized carbons (Fsp3) is 0.250. The number of anilines is 1. The Labute approximate surface area is 170 Å². The van der Waals surface area contributed by atoms with Crippen LogP contribution >= 0.6 is 11.5 Å². The molecule has 0 radical (unpaired) electrons. The van der Waals surface area contributed by atoms with Crippen LogP contribution in [0.15, 0.2) is 36.4 Å².